The van der Waals surface area contributed by atoms with Crippen LogP contribution in [0.25, 0.3) is 0 Å². The van der Waals surface area contributed by atoms with Crippen LogP contribution >= 0.6 is 0 Å². The second kappa shape index (κ2) is 7.04. The summed E-state index contributed by atoms with van der Waals surface area (Å²) >= 11 is 0. The summed E-state index contributed by atoms with van der Waals surface area (Å²) in [5, 5.41) is 9.04. The van der Waals surface area contributed by atoms with Gasteiger partial charge in [0.15, 0.2) is 0 Å². The Morgan fingerprint density at radius 2 is 1.95 bits per heavy atom. The van der Waals surface area contributed by atoms with Crippen molar-refractivity contribution in [2.75, 3.05) is 26.7 Å². The molecular weight excluding hydrogens is 236 g/mol. The van der Waals surface area contributed by atoms with Crippen molar-refractivity contribution in [1.82, 2.24) is 9.80 Å². The van der Waals surface area contributed by atoms with Gasteiger partial charge in [0.25, 0.3) is 0 Å². The maximum absolute atomic E-state index is 9.04. The van der Waals surface area contributed by atoms with Gasteiger partial charge in [0, 0.05) is 19.1 Å². The Bertz CT molecular complexity index is 377. The van der Waals surface area contributed by atoms with Crippen LogP contribution in [0.5, 0.6) is 0 Å². The molecule has 3 heteroatoms. The average molecular weight is 262 g/mol. The summed E-state index contributed by atoms with van der Waals surface area (Å²) in [7, 11) is 2.20. The molecule has 0 saturated carbocycles. The minimum atomic E-state index is 0.129. The normalized spacial score (nSPS) is 20.3. The van der Waals surface area contributed by atoms with E-state index in [4.69, 9.17) is 5.11 Å². The van der Waals surface area contributed by atoms with Crippen molar-refractivity contribution < 1.29 is 5.11 Å². The average Bonchev–Trinajstić information content (AvgIpc) is 2.86. The van der Waals surface area contributed by atoms with Crippen LogP contribution < -0.4 is 0 Å². The van der Waals surface area contributed by atoms with Gasteiger partial charge in [0.05, 0.1) is 6.61 Å². The van der Waals surface area contributed by atoms with Gasteiger partial charge in [-0.25, -0.2) is 0 Å². The van der Waals surface area contributed by atoms with Gasteiger partial charge >= 0.3 is 0 Å². The Hall–Kier alpha value is -0.900. The first-order valence-corrected chi connectivity index (χ1v) is 7.34. The summed E-state index contributed by atoms with van der Waals surface area (Å²) < 4.78 is 0. The molecule has 1 saturated heterocycles. The molecule has 1 aliphatic rings. The van der Waals surface area contributed by atoms with Gasteiger partial charge in [-0.2, -0.15) is 0 Å². The van der Waals surface area contributed by atoms with Crippen LogP contribution in [0, 0.1) is 0 Å². The van der Waals surface area contributed by atoms with Gasteiger partial charge in [-0.15, -0.1) is 0 Å². The Morgan fingerprint density at radius 3 is 2.58 bits per heavy atom. The molecule has 1 fully saturated rings. The molecule has 106 valence electrons. The van der Waals surface area contributed by atoms with Gasteiger partial charge in [-0.1, -0.05) is 31.2 Å². The lowest BCUT2D eigenvalue weighted by molar-refractivity contribution is 0.195. The van der Waals surface area contributed by atoms with E-state index in [1.165, 1.54) is 31.5 Å². The first-order valence-electron chi connectivity index (χ1n) is 7.34. The van der Waals surface area contributed by atoms with Crippen molar-refractivity contribution in [1.29, 1.82) is 0 Å². The van der Waals surface area contributed by atoms with Crippen LogP contribution in [0.1, 0.15) is 30.9 Å². The fraction of sp³-hybridized carbons (Fsp3) is 0.625. The highest BCUT2D eigenvalue weighted by Gasteiger charge is 2.23. The lowest BCUT2D eigenvalue weighted by Gasteiger charge is -2.27. The largest absolute Gasteiger partial charge is 0.392 e. The molecule has 0 bridgehead atoms. The minimum absolute atomic E-state index is 0.129. The molecule has 1 aliphatic heterocycles. The van der Waals surface area contributed by atoms with E-state index in [0.717, 1.165) is 24.7 Å². The van der Waals surface area contributed by atoms with Crippen LogP contribution in [0.2, 0.25) is 0 Å². The molecule has 0 spiro atoms. The van der Waals surface area contributed by atoms with Crippen molar-refractivity contribution >= 4 is 0 Å². The van der Waals surface area contributed by atoms with E-state index in [9.17, 15) is 0 Å². The van der Waals surface area contributed by atoms with Crippen LogP contribution in [0.3, 0.4) is 0 Å². The zero-order chi connectivity index (χ0) is 13.7. The van der Waals surface area contributed by atoms with Crippen molar-refractivity contribution in [3.05, 3.63) is 35.4 Å². The van der Waals surface area contributed by atoms with E-state index in [-0.39, 0.29) is 6.61 Å². The topological polar surface area (TPSA) is 26.7 Å². The molecule has 19 heavy (non-hydrogen) atoms. The van der Waals surface area contributed by atoms with Crippen LogP contribution in [0.15, 0.2) is 24.3 Å². The number of likely N-dealkylation sites (tertiary alicyclic amines) is 1. The SMILES string of the molecule is CCN1CCCC1CN(C)Cc1ccc(CO)cc1. The van der Waals surface area contributed by atoms with E-state index in [1.54, 1.807) is 0 Å². The fourth-order valence-corrected chi connectivity index (χ4v) is 3.00. The van der Waals surface area contributed by atoms with Gasteiger partial charge in [-0.3, -0.25) is 4.90 Å². The highest BCUT2D eigenvalue weighted by molar-refractivity contribution is 5.21. The first-order chi connectivity index (χ1) is 9.22. The summed E-state index contributed by atoms with van der Waals surface area (Å²) in [4.78, 5) is 5.00. The Kier molecular flexibility index (Phi) is 5.37. The van der Waals surface area contributed by atoms with Crippen molar-refractivity contribution in [3.63, 3.8) is 0 Å². The van der Waals surface area contributed by atoms with E-state index < -0.39 is 0 Å². The van der Waals surface area contributed by atoms with Gasteiger partial charge < -0.3 is 10.0 Å². The van der Waals surface area contributed by atoms with Crippen molar-refractivity contribution in [2.45, 2.75) is 39.0 Å². The molecule has 3 nitrogen and oxygen atoms in total. The zero-order valence-corrected chi connectivity index (χ0v) is 12.2. The summed E-state index contributed by atoms with van der Waals surface area (Å²) in [6, 6.07) is 8.99. The molecule has 1 N–H and O–H groups in total. The smallest absolute Gasteiger partial charge is 0.0681 e. The predicted octanol–water partition coefficient (Wildman–Crippen LogP) is 2.09. The number of nitrogens with zero attached hydrogens (tertiary/aromatic N) is 2. The number of aliphatic hydroxyl groups excluding tert-OH is 1. The summed E-state index contributed by atoms with van der Waals surface area (Å²) in [5.74, 6) is 0. The fourth-order valence-electron chi connectivity index (χ4n) is 3.00. The number of benzene rings is 1. The summed E-state index contributed by atoms with van der Waals surface area (Å²) in [5.41, 5.74) is 2.31. The van der Waals surface area contributed by atoms with Gasteiger partial charge in [0.1, 0.15) is 0 Å². The molecule has 0 amide bonds. The summed E-state index contributed by atoms with van der Waals surface area (Å²) in [6.45, 7) is 6.95. The van der Waals surface area contributed by atoms with Crippen LogP contribution in [-0.4, -0.2) is 47.6 Å². The third-order valence-electron chi connectivity index (χ3n) is 4.09. The molecule has 0 aromatic heterocycles. The first kappa shape index (κ1) is 14.5. The van der Waals surface area contributed by atoms with Gasteiger partial charge in [-0.05, 0) is 44.1 Å². The maximum Gasteiger partial charge on any atom is 0.0681 e. The second-order valence-corrected chi connectivity index (χ2v) is 5.60. The van der Waals surface area contributed by atoms with Crippen LogP contribution in [0.4, 0.5) is 0 Å². The van der Waals surface area contributed by atoms with E-state index in [1.807, 2.05) is 12.1 Å². The third kappa shape index (κ3) is 4.03. The van der Waals surface area contributed by atoms with E-state index in [0.29, 0.717) is 0 Å². The zero-order valence-electron chi connectivity index (χ0n) is 12.2. The maximum atomic E-state index is 9.04. The quantitative estimate of drug-likeness (QED) is 0.850. The summed E-state index contributed by atoms with van der Waals surface area (Å²) in [6.07, 6.45) is 2.68. The molecular formula is C16H26N2O. The van der Waals surface area contributed by atoms with Crippen molar-refractivity contribution in [2.24, 2.45) is 0 Å². The minimum Gasteiger partial charge on any atom is -0.392 e. The lowest BCUT2D eigenvalue weighted by atomic mass is 10.1. The molecule has 1 atom stereocenters. The molecule has 1 aromatic carbocycles. The standard InChI is InChI=1S/C16H26N2O/c1-3-18-10-4-5-16(18)12-17(2)11-14-6-8-15(13-19)9-7-14/h6-9,16,19H,3-5,10-13H2,1-2H3. The highest BCUT2D eigenvalue weighted by Crippen LogP contribution is 2.18. The Morgan fingerprint density at radius 1 is 1.26 bits per heavy atom. The number of hydrogen-bond acceptors (Lipinski definition) is 3. The molecule has 0 radical (unpaired) electrons. The molecule has 1 unspecified atom stereocenters. The number of hydrogen-bond donors (Lipinski definition) is 1. The Balaban J connectivity index is 1.84. The molecule has 1 aromatic rings. The molecule has 2 rings (SSSR count). The van der Waals surface area contributed by atoms with E-state index in [2.05, 4.69) is 35.9 Å². The number of likely N-dealkylation sites (N-methyl/N-ethyl adjacent to an activating group) is 2. The highest BCUT2D eigenvalue weighted by atomic mass is 16.3. The number of aliphatic hydroxyl groups is 1. The predicted molar refractivity (Wildman–Crippen MR) is 79.0 cm³/mol. The molecule has 0 aliphatic carbocycles. The van der Waals surface area contributed by atoms with Gasteiger partial charge in [0.2, 0.25) is 0 Å². The number of rotatable bonds is 6. The molecule has 1 heterocycles. The monoisotopic (exact) mass is 262 g/mol. The third-order valence-corrected chi connectivity index (χ3v) is 4.09. The Labute approximate surface area is 116 Å². The van der Waals surface area contributed by atoms with Crippen LogP contribution in [-0.2, 0) is 13.2 Å². The van der Waals surface area contributed by atoms with Crippen molar-refractivity contribution in [3.8, 4) is 0 Å². The lowest BCUT2D eigenvalue weighted by Crippen LogP contribution is -2.38. The van der Waals surface area contributed by atoms with E-state index >= 15 is 0 Å². The second-order valence-electron chi connectivity index (χ2n) is 5.60.